The summed E-state index contributed by atoms with van der Waals surface area (Å²) in [5.74, 6) is -1.13. The zero-order valence-electron chi connectivity index (χ0n) is 23.6. The molecule has 212 valence electrons. The van der Waals surface area contributed by atoms with Crippen LogP contribution in [0, 0.1) is 6.92 Å². The van der Waals surface area contributed by atoms with E-state index in [1.54, 1.807) is 12.1 Å². The number of hydrogen-bond acceptors (Lipinski definition) is 8. The molecule has 1 aliphatic rings. The largest absolute Gasteiger partial charge is 0.503 e. The van der Waals surface area contributed by atoms with Gasteiger partial charge in [-0.1, -0.05) is 116 Å². The number of amides is 1. The standard InChI is InChI=1S/C33H29N3O4S2/c1-19-9-11-20(12-10-19)18-41-32-35-34-31(42-32)36-27(21-13-15-23(16-14-21)33(2,3)4)26(29(38)30(36)39)28(37)25-17-22-7-5-6-8-24(22)40-25/h5-17,27,38H,18H2,1-4H3. The third-order valence-electron chi connectivity index (χ3n) is 7.28. The molecule has 0 fully saturated rings. The molecule has 7 nitrogen and oxygen atoms in total. The van der Waals surface area contributed by atoms with Crippen molar-refractivity contribution < 1.29 is 19.1 Å². The van der Waals surface area contributed by atoms with Crippen molar-refractivity contribution in [2.45, 2.75) is 49.2 Å². The van der Waals surface area contributed by atoms with E-state index >= 15 is 0 Å². The van der Waals surface area contributed by atoms with Crippen LogP contribution >= 0.6 is 23.1 Å². The van der Waals surface area contributed by atoms with E-state index in [-0.39, 0.29) is 16.7 Å². The average molecular weight is 596 g/mol. The molecule has 9 heteroatoms. The highest BCUT2D eigenvalue weighted by atomic mass is 32.2. The van der Waals surface area contributed by atoms with E-state index in [9.17, 15) is 14.7 Å². The Morgan fingerprint density at radius 3 is 2.43 bits per heavy atom. The molecule has 1 aliphatic heterocycles. The molecule has 3 heterocycles. The van der Waals surface area contributed by atoms with Gasteiger partial charge in [0.15, 0.2) is 15.9 Å². The molecule has 2 aromatic heterocycles. The van der Waals surface area contributed by atoms with Gasteiger partial charge in [0.25, 0.3) is 5.91 Å². The van der Waals surface area contributed by atoms with Crippen LogP contribution in [0.3, 0.4) is 0 Å². The van der Waals surface area contributed by atoms with Crippen LogP contribution in [-0.4, -0.2) is 27.0 Å². The molecule has 1 unspecified atom stereocenters. The Bertz CT molecular complexity index is 1800. The molecule has 0 bridgehead atoms. The number of Topliss-reactive ketones (excluding diaryl/α,β-unsaturated/α-hetero) is 1. The van der Waals surface area contributed by atoms with Crippen molar-refractivity contribution >= 4 is 50.9 Å². The highest BCUT2D eigenvalue weighted by molar-refractivity contribution is 8.00. The lowest BCUT2D eigenvalue weighted by Crippen LogP contribution is -2.31. The number of hydrogen-bond donors (Lipinski definition) is 1. The van der Waals surface area contributed by atoms with Crippen LogP contribution in [0.15, 0.2) is 99.0 Å². The molecule has 0 spiro atoms. The number of ketones is 1. The van der Waals surface area contributed by atoms with Crippen molar-refractivity contribution in [1.82, 2.24) is 10.2 Å². The van der Waals surface area contributed by atoms with Crippen molar-refractivity contribution in [3.05, 3.63) is 118 Å². The van der Waals surface area contributed by atoms with Crippen LogP contribution in [0.2, 0.25) is 0 Å². The number of nitrogens with zero attached hydrogens (tertiary/aromatic N) is 3. The van der Waals surface area contributed by atoms with E-state index in [1.807, 2.05) is 49.4 Å². The highest BCUT2D eigenvalue weighted by Crippen LogP contribution is 2.44. The van der Waals surface area contributed by atoms with E-state index in [4.69, 9.17) is 4.42 Å². The van der Waals surface area contributed by atoms with Gasteiger partial charge in [-0.25, -0.2) is 0 Å². The van der Waals surface area contributed by atoms with Gasteiger partial charge in [-0.15, -0.1) is 10.2 Å². The molecule has 6 rings (SSSR count). The summed E-state index contributed by atoms with van der Waals surface area (Å²) >= 11 is 2.77. The lowest BCUT2D eigenvalue weighted by atomic mass is 9.85. The summed E-state index contributed by atoms with van der Waals surface area (Å²) in [6, 6.07) is 24.0. The molecule has 1 atom stereocenters. The smallest absolute Gasteiger partial charge is 0.296 e. The number of benzene rings is 3. The second-order valence-corrected chi connectivity index (χ2v) is 13.5. The second kappa shape index (κ2) is 10.9. The fraction of sp³-hybridized carbons (Fsp3) is 0.212. The SMILES string of the molecule is Cc1ccc(CSc2nnc(N3C(=O)C(O)=C(C(=O)c4cc5ccccc5o4)C3c3ccc(C(C)(C)C)cc3)s2)cc1. The van der Waals surface area contributed by atoms with Crippen LogP contribution in [0.25, 0.3) is 11.0 Å². The number of fused-ring (bicyclic) bond motifs is 1. The van der Waals surface area contributed by atoms with E-state index in [1.165, 1.54) is 33.6 Å². The van der Waals surface area contributed by atoms with Gasteiger partial charge in [0.2, 0.25) is 10.9 Å². The third kappa shape index (κ3) is 5.26. The van der Waals surface area contributed by atoms with Crippen LogP contribution < -0.4 is 4.90 Å². The van der Waals surface area contributed by atoms with Gasteiger partial charge in [0.05, 0.1) is 11.6 Å². The number of rotatable bonds is 7. The zero-order chi connectivity index (χ0) is 29.6. The number of para-hydroxylation sites is 1. The molecule has 0 saturated carbocycles. The van der Waals surface area contributed by atoms with Crippen LogP contribution in [-0.2, 0) is 16.0 Å². The third-order valence-corrected chi connectivity index (χ3v) is 9.41. The summed E-state index contributed by atoms with van der Waals surface area (Å²) in [5, 5.41) is 20.9. The minimum atomic E-state index is -0.907. The first-order valence-electron chi connectivity index (χ1n) is 13.5. The Kier molecular flexibility index (Phi) is 7.24. The van der Waals surface area contributed by atoms with E-state index in [0.29, 0.717) is 26.4 Å². The van der Waals surface area contributed by atoms with Gasteiger partial charge in [-0.3, -0.25) is 14.5 Å². The van der Waals surface area contributed by atoms with Gasteiger partial charge in [-0.05, 0) is 41.2 Å². The lowest BCUT2D eigenvalue weighted by Gasteiger charge is -2.25. The van der Waals surface area contributed by atoms with Crippen molar-refractivity contribution in [3.8, 4) is 0 Å². The van der Waals surface area contributed by atoms with Crippen LogP contribution in [0.5, 0.6) is 0 Å². The monoisotopic (exact) mass is 595 g/mol. The molecule has 5 aromatic rings. The highest BCUT2D eigenvalue weighted by Gasteiger charge is 2.47. The summed E-state index contributed by atoms with van der Waals surface area (Å²) in [6.45, 7) is 8.40. The average Bonchev–Trinajstić information content (AvgIpc) is 3.68. The molecule has 3 aromatic carbocycles. The van der Waals surface area contributed by atoms with Gasteiger partial charge >= 0.3 is 0 Å². The first kappa shape index (κ1) is 27.9. The molecular weight excluding hydrogens is 567 g/mol. The predicted molar refractivity (Wildman–Crippen MR) is 166 cm³/mol. The first-order valence-corrected chi connectivity index (χ1v) is 15.3. The summed E-state index contributed by atoms with van der Waals surface area (Å²) in [7, 11) is 0. The molecule has 0 radical (unpaired) electrons. The Labute approximate surface area is 251 Å². The lowest BCUT2D eigenvalue weighted by molar-refractivity contribution is -0.117. The Morgan fingerprint density at radius 2 is 1.74 bits per heavy atom. The molecule has 42 heavy (non-hydrogen) atoms. The van der Waals surface area contributed by atoms with Crippen molar-refractivity contribution in [2.75, 3.05) is 4.90 Å². The topological polar surface area (TPSA) is 96.5 Å². The summed E-state index contributed by atoms with van der Waals surface area (Å²) < 4.78 is 6.52. The van der Waals surface area contributed by atoms with Crippen molar-refractivity contribution in [2.24, 2.45) is 0 Å². The van der Waals surface area contributed by atoms with Crippen molar-refractivity contribution in [3.63, 3.8) is 0 Å². The number of thioether (sulfide) groups is 1. The quantitative estimate of drug-likeness (QED) is 0.116. The number of aliphatic hydroxyl groups is 1. The second-order valence-electron chi connectivity index (χ2n) is 11.3. The van der Waals surface area contributed by atoms with Gasteiger partial charge in [0, 0.05) is 11.1 Å². The Balaban J connectivity index is 1.37. The molecule has 0 saturated heterocycles. The molecule has 1 amide bonds. The fourth-order valence-electron chi connectivity index (χ4n) is 4.93. The molecule has 1 N–H and O–H groups in total. The minimum absolute atomic E-state index is 0.0494. The summed E-state index contributed by atoms with van der Waals surface area (Å²) in [6.07, 6.45) is 0. The number of furan rings is 1. The maximum atomic E-state index is 13.9. The van der Waals surface area contributed by atoms with E-state index in [2.05, 4.69) is 55.2 Å². The van der Waals surface area contributed by atoms with Gasteiger partial charge in [-0.2, -0.15) is 0 Å². The van der Waals surface area contributed by atoms with Gasteiger partial charge < -0.3 is 9.52 Å². The first-order chi connectivity index (χ1) is 20.1. The predicted octanol–water partition coefficient (Wildman–Crippen LogP) is 7.97. The minimum Gasteiger partial charge on any atom is -0.503 e. The van der Waals surface area contributed by atoms with E-state index < -0.39 is 23.5 Å². The number of aliphatic hydroxyl groups excluding tert-OH is 1. The maximum absolute atomic E-state index is 13.9. The molecule has 0 aliphatic carbocycles. The maximum Gasteiger partial charge on any atom is 0.296 e. The number of aryl methyl sites for hydroxylation is 1. The fourth-order valence-corrected chi connectivity index (χ4v) is 6.75. The Morgan fingerprint density at radius 1 is 1.02 bits per heavy atom. The summed E-state index contributed by atoms with van der Waals surface area (Å²) in [5.41, 5.74) is 4.53. The number of carbonyl (C=O) groups is 2. The normalized spacial score (nSPS) is 15.7. The van der Waals surface area contributed by atoms with Crippen LogP contribution in [0.4, 0.5) is 5.13 Å². The molecular formula is C33H29N3O4S2. The number of anilines is 1. The van der Waals surface area contributed by atoms with Crippen LogP contribution in [0.1, 0.15) is 59.6 Å². The van der Waals surface area contributed by atoms with Crippen molar-refractivity contribution in [1.29, 1.82) is 0 Å². The zero-order valence-corrected chi connectivity index (χ0v) is 25.3. The van der Waals surface area contributed by atoms with E-state index in [0.717, 1.165) is 16.5 Å². The van der Waals surface area contributed by atoms with Gasteiger partial charge in [0.1, 0.15) is 5.58 Å². The number of carbonyl (C=O) groups excluding carboxylic acids is 2. The number of aromatic nitrogens is 2. The summed E-state index contributed by atoms with van der Waals surface area (Å²) in [4.78, 5) is 28.9. The Hall–Kier alpha value is -4.21.